The standard InChI is InChI=1S/C19H25FN2O2/c1-3-4-9-22-10-7-14(8-11-22)24-16-6-5-15-17(18(16)20)13(2)12-21-19(15)23/h5-6,12,14H,3-4,7-11H2,1-2H3,(H,21,23). The van der Waals surface area contributed by atoms with Crippen molar-refractivity contribution in [3.8, 4) is 5.75 Å². The Morgan fingerprint density at radius 2 is 2.08 bits per heavy atom. The van der Waals surface area contributed by atoms with Gasteiger partial charge in [-0.15, -0.1) is 0 Å². The molecule has 1 N–H and O–H groups in total. The van der Waals surface area contributed by atoms with Crippen molar-refractivity contribution in [2.24, 2.45) is 0 Å². The van der Waals surface area contributed by atoms with Crippen molar-refractivity contribution in [1.29, 1.82) is 0 Å². The molecule has 5 heteroatoms. The van der Waals surface area contributed by atoms with Gasteiger partial charge < -0.3 is 14.6 Å². The molecule has 0 radical (unpaired) electrons. The molecule has 1 aliphatic rings. The number of likely N-dealkylation sites (tertiary alicyclic amines) is 1. The van der Waals surface area contributed by atoms with E-state index in [-0.39, 0.29) is 17.4 Å². The van der Waals surface area contributed by atoms with Gasteiger partial charge in [-0.2, -0.15) is 0 Å². The summed E-state index contributed by atoms with van der Waals surface area (Å²) in [5.74, 6) is -0.173. The van der Waals surface area contributed by atoms with Crippen LogP contribution in [0.4, 0.5) is 4.39 Å². The van der Waals surface area contributed by atoms with Crippen molar-refractivity contribution in [1.82, 2.24) is 9.88 Å². The van der Waals surface area contributed by atoms with Crippen LogP contribution in [0.5, 0.6) is 5.75 Å². The number of nitrogens with zero attached hydrogens (tertiary/aromatic N) is 1. The number of piperidine rings is 1. The Balaban J connectivity index is 1.74. The molecule has 0 saturated carbocycles. The lowest BCUT2D eigenvalue weighted by Crippen LogP contribution is -2.38. The number of rotatable bonds is 5. The highest BCUT2D eigenvalue weighted by Crippen LogP contribution is 2.29. The second-order valence-corrected chi connectivity index (χ2v) is 6.61. The van der Waals surface area contributed by atoms with Gasteiger partial charge in [0.15, 0.2) is 11.6 Å². The summed E-state index contributed by atoms with van der Waals surface area (Å²) < 4.78 is 20.7. The first-order chi connectivity index (χ1) is 11.6. The van der Waals surface area contributed by atoms with Gasteiger partial charge in [-0.25, -0.2) is 4.39 Å². The molecule has 0 bridgehead atoms. The third-order valence-corrected chi connectivity index (χ3v) is 4.82. The number of hydrogen-bond donors (Lipinski definition) is 1. The molecule has 4 nitrogen and oxygen atoms in total. The largest absolute Gasteiger partial charge is 0.487 e. The topological polar surface area (TPSA) is 45.3 Å². The molecule has 24 heavy (non-hydrogen) atoms. The second-order valence-electron chi connectivity index (χ2n) is 6.61. The van der Waals surface area contributed by atoms with E-state index in [2.05, 4.69) is 16.8 Å². The lowest BCUT2D eigenvalue weighted by Gasteiger charge is -2.32. The van der Waals surface area contributed by atoms with Crippen LogP contribution in [0.3, 0.4) is 0 Å². The Kier molecular flexibility index (Phi) is 5.19. The number of benzene rings is 1. The normalized spacial score (nSPS) is 16.6. The zero-order valence-corrected chi connectivity index (χ0v) is 14.4. The smallest absolute Gasteiger partial charge is 0.255 e. The molecule has 1 aromatic heterocycles. The predicted molar refractivity (Wildman–Crippen MR) is 94.3 cm³/mol. The van der Waals surface area contributed by atoms with Crippen LogP contribution in [0.15, 0.2) is 23.1 Å². The zero-order chi connectivity index (χ0) is 17.1. The maximum Gasteiger partial charge on any atom is 0.255 e. The molecular formula is C19H25FN2O2. The third-order valence-electron chi connectivity index (χ3n) is 4.82. The molecule has 3 rings (SSSR count). The number of hydrogen-bond acceptors (Lipinski definition) is 3. The summed E-state index contributed by atoms with van der Waals surface area (Å²) in [4.78, 5) is 16.9. The lowest BCUT2D eigenvalue weighted by molar-refractivity contribution is 0.0967. The molecule has 0 atom stereocenters. The molecule has 0 aliphatic carbocycles. The van der Waals surface area contributed by atoms with Crippen molar-refractivity contribution in [2.75, 3.05) is 19.6 Å². The number of aromatic nitrogens is 1. The van der Waals surface area contributed by atoms with Crippen molar-refractivity contribution < 1.29 is 9.13 Å². The Hall–Kier alpha value is -1.88. The number of nitrogens with one attached hydrogen (secondary N) is 1. The van der Waals surface area contributed by atoms with E-state index in [1.165, 1.54) is 12.8 Å². The second kappa shape index (κ2) is 7.34. The summed E-state index contributed by atoms with van der Waals surface area (Å²) in [6.45, 7) is 7.12. The van der Waals surface area contributed by atoms with Crippen molar-refractivity contribution >= 4 is 10.8 Å². The summed E-state index contributed by atoms with van der Waals surface area (Å²) in [5.41, 5.74) is 0.437. The van der Waals surface area contributed by atoms with Gasteiger partial charge in [-0.1, -0.05) is 13.3 Å². The van der Waals surface area contributed by atoms with Gasteiger partial charge in [0.1, 0.15) is 6.10 Å². The van der Waals surface area contributed by atoms with Crippen LogP contribution in [-0.4, -0.2) is 35.6 Å². The van der Waals surface area contributed by atoms with Crippen LogP contribution in [0.1, 0.15) is 38.2 Å². The fourth-order valence-electron chi connectivity index (χ4n) is 3.36. The average molecular weight is 332 g/mol. The van der Waals surface area contributed by atoms with E-state index in [9.17, 15) is 9.18 Å². The predicted octanol–water partition coefficient (Wildman–Crippen LogP) is 3.62. The molecule has 2 aromatic rings. The van der Waals surface area contributed by atoms with Gasteiger partial charge in [-0.3, -0.25) is 4.79 Å². The molecule has 0 spiro atoms. The number of aromatic amines is 1. The quantitative estimate of drug-likeness (QED) is 0.909. The van der Waals surface area contributed by atoms with E-state index >= 15 is 0 Å². The molecule has 1 fully saturated rings. The molecular weight excluding hydrogens is 307 g/mol. The number of ether oxygens (including phenoxy) is 1. The zero-order valence-electron chi connectivity index (χ0n) is 14.4. The molecule has 2 heterocycles. The number of unbranched alkanes of at least 4 members (excludes halogenated alkanes) is 1. The summed E-state index contributed by atoms with van der Waals surface area (Å²) in [5, 5.41) is 0.728. The van der Waals surface area contributed by atoms with E-state index in [1.54, 1.807) is 25.3 Å². The lowest BCUT2D eigenvalue weighted by atomic mass is 10.1. The summed E-state index contributed by atoms with van der Waals surface area (Å²) in [7, 11) is 0. The van der Waals surface area contributed by atoms with Crippen LogP contribution in [0, 0.1) is 12.7 Å². The molecule has 1 aliphatic heterocycles. The molecule has 0 amide bonds. The fourth-order valence-corrected chi connectivity index (χ4v) is 3.36. The molecule has 1 saturated heterocycles. The maximum absolute atomic E-state index is 14.8. The average Bonchev–Trinajstić information content (AvgIpc) is 2.59. The van der Waals surface area contributed by atoms with Crippen molar-refractivity contribution in [3.05, 3.63) is 40.1 Å². The number of aryl methyl sites for hydroxylation is 1. The first-order valence-corrected chi connectivity index (χ1v) is 8.79. The fraction of sp³-hybridized carbons (Fsp3) is 0.526. The number of H-pyrrole nitrogens is 1. The van der Waals surface area contributed by atoms with Gasteiger partial charge in [0.05, 0.1) is 5.39 Å². The van der Waals surface area contributed by atoms with Crippen LogP contribution >= 0.6 is 0 Å². The van der Waals surface area contributed by atoms with Gasteiger partial charge in [0.2, 0.25) is 0 Å². The molecule has 0 unspecified atom stereocenters. The van der Waals surface area contributed by atoms with Crippen molar-refractivity contribution in [3.63, 3.8) is 0 Å². The highest BCUT2D eigenvalue weighted by Gasteiger charge is 2.22. The van der Waals surface area contributed by atoms with Gasteiger partial charge >= 0.3 is 0 Å². The summed E-state index contributed by atoms with van der Waals surface area (Å²) in [6, 6.07) is 3.23. The number of pyridine rings is 1. The van der Waals surface area contributed by atoms with Gasteiger partial charge in [-0.05, 0) is 50.4 Å². The van der Waals surface area contributed by atoms with Gasteiger partial charge in [0, 0.05) is 24.7 Å². The minimum Gasteiger partial charge on any atom is -0.487 e. The SMILES string of the molecule is CCCCN1CCC(Oc2ccc3c(=O)[nH]cc(C)c3c2F)CC1. The third kappa shape index (κ3) is 3.46. The van der Waals surface area contributed by atoms with Crippen LogP contribution in [0.25, 0.3) is 10.8 Å². The highest BCUT2D eigenvalue weighted by atomic mass is 19.1. The van der Waals surface area contributed by atoms with Crippen LogP contribution in [0.2, 0.25) is 0 Å². The summed E-state index contributed by atoms with van der Waals surface area (Å²) >= 11 is 0. The Morgan fingerprint density at radius 3 is 2.79 bits per heavy atom. The Morgan fingerprint density at radius 1 is 1.33 bits per heavy atom. The Bertz CT molecular complexity index is 764. The van der Waals surface area contributed by atoms with E-state index in [1.807, 2.05) is 0 Å². The first-order valence-electron chi connectivity index (χ1n) is 8.79. The van der Waals surface area contributed by atoms with Crippen LogP contribution in [-0.2, 0) is 0 Å². The minimum absolute atomic E-state index is 0.0390. The monoisotopic (exact) mass is 332 g/mol. The first kappa shape index (κ1) is 17.0. The highest BCUT2D eigenvalue weighted by molar-refractivity contribution is 5.86. The minimum atomic E-state index is -0.426. The van der Waals surface area contributed by atoms with Crippen LogP contribution < -0.4 is 10.3 Å². The van der Waals surface area contributed by atoms with E-state index in [0.29, 0.717) is 16.3 Å². The molecule has 130 valence electrons. The maximum atomic E-state index is 14.8. The number of fused-ring (bicyclic) bond motifs is 1. The number of halogens is 1. The van der Waals surface area contributed by atoms with E-state index < -0.39 is 5.82 Å². The summed E-state index contributed by atoms with van der Waals surface area (Å²) in [6.07, 6.45) is 5.84. The molecule has 1 aromatic carbocycles. The van der Waals surface area contributed by atoms with E-state index in [4.69, 9.17) is 4.74 Å². The van der Waals surface area contributed by atoms with E-state index in [0.717, 1.165) is 32.5 Å². The Labute approximate surface area is 141 Å². The van der Waals surface area contributed by atoms with Crippen molar-refractivity contribution in [2.45, 2.75) is 45.6 Å². The van der Waals surface area contributed by atoms with Gasteiger partial charge in [0.25, 0.3) is 5.56 Å².